The minimum Gasteiger partial charge on any atom is -0.497 e. The third kappa shape index (κ3) is 3.62. The normalized spacial score (nSPS) is 20.8. The molecule has 0 radical (unpaired) electrons. The molecule has 2 aliphatic rings. The maximum absolute atomic E-state index is 5.21. The van der Waals surface area contributed by atoms with Gasteiger partial charge in [0, 0.05) is 18.5 Å². The minimum atomic E-state index is 0.518. The van der Waals surface area contributed by atoms with Crippen molar-refractivity contribution in [3.63, 3.8) is 0 Å². The molecule has 1 spiro atoms. The van der Waals surface area contributed by atoms with E-state index in [-0.39, 0.29) is 0 Å². The van der Waals surface area contributed by atoms with Crippen molar-refractivity contribution in [2.45, 2.75) is 12.8 Å². The number of methoxy groups -OCH3 is 1. The molecule has 24 heavy (non-hydrogen) atoms. The Morgan fingerprint density at radius 1 is 1.21 bits per heavy atom. The van der Waals surface area contributed by atoms with Crippen LogP contribution in [0.5, 0.6) is 5.75 Å². The van der Waals surface area contributed by atoms with Crippen molar-refractivity contribution >= 4 is 22.6 Å². The number of rotatable bonds is 3. The quantitative estimate of drug-likeness (QED) is 0.620. The van der Waals surface area contributed by atoms with Gasteiger partial charge in [0.25, 0.3) is 0 Å². The summed E-state index contributed by atoms with van der Waals surface area (Å²) in [4.78, 5) is 9.64. The predicted molar refractivity (Wildman–Crippen MR) is 104 cm³/mol. The van der Waals surface area contributed by atoms with Gasteiger partial charge in [-0.2, -0.15) is 0 Å². The molecule has 0 unspecified atom stereocenters. The average Bonchev–Trinajstić information content (AvgIpc) is 2.59. The molecule has 3 rings (SSSR count). The lowest BCUT2D eigenvalue weighted by Gasteiger charge is -2.54. The molecule has 0 saturated carbocycles. The molecular formula is C19H27N3OS. The molecule has 0 aliphatic carbocycles. The van der Waals surface area contributed by atoms with E-state index in [1.54, 1.807) is 18.9 Å². The summed E-state index contributed by atoms with van der Waals surface area (Å²) in [6, 6.07) is 7.92. The van der Waals surface area contributed by atoms with E-state index in [1.165, 1.54) is 25.9 Å². The van der Waals surface area contributed by atoms with E-state index < -0.39 is 0 Å². The Morgan fingerprint density at radius 3 is 2.38 bits per heavy atom. The SMILES string of the molecule is C=C(N=C(SC)N1CC2(CCN(C)CC2)C1)c1ccc(OC)cc1. The van der Waals surface area contributed by atoms with Crippen LogP contribution in [0, 0.1) is 5.41 Å². The van der Waals surface area contributed by atoms with E-state index in [9.17, 15) is 0 Å². The Balaban J connectivity index is 1.63. The smallest absolute Gasteiger partial charge is 0.164 e. The van der Waals surface area contributed by atoms with Crippen molar-refractivity contribution in [2.75, 3.05) is 46.6 Å². The number of thioether (sulfide) groups is 1. The van der Waals surface area contributed by atoms with Gasteiger partial charge >= 0.3 is 0 Å². The standard InChI is InChI=1S/C19H27N3OS/c1-15(16-5-7-17(23-3)8-6-16)20-18(24-4)22-13-19(14-22)9-11-21(2)12-10-19/h5-8H,1,9-14H2,2-4H3. The second-order valence-corrected chi connectivity index (χ2v) is 7.71. The molecule has 5 heteroatoms. The third-order valence-electron chi connectivity index (χ3n) is 5.21. The van der Waals surface area contributed by atoms with Gasteiger partial charge in [0.1, 0.15) is 5.75 Å². The predicted octanol–water partition coefficient (Wildman–Crippen LogP) is 3.41. The van der Waals surface area contributed by atoms with Crippen molar-refractivity contribution in [1.29, 1.82) is 0 Å². The van der Waals surface area contributed by atoms with Gasteiger partial charge in [0.15, 0.2) is 5.17 Å². The van der Waals surface area contributed by atoms with Crippen LogP contribution in [0.4, 0.5) is 0 Å². The second-order valence-electron chi connectivity index (χ2n) is 6.93. The number of ether oxygens (including phenoxy) is 1. The highest BCUT2D eigenvalue weighted by Gasteiger charge is 2.45. The van der Waals surface area contributed by atoms with E-state index in [1.807, 2.05) is 24.3 Å². The first-order valence-corrected chi connectivity index (χ1v) is 9.67. The van der Waals surface area contributed by atoms with E-state index >= 15 is 0 Å². The van der Waals surface area contributed by atoms with Gasteiger partial charge in [-0.25, -0.2) is 4.99 Å². The highest BCUT2D eigenvalue weighted by atomic mass is 32.2. The van der Waals surface area contributed by atoms with Crippen molar-refractivity contribution in [3.05, 3.63) is 36.4 Å². The Hall–Kier alpha value is -1.46. The van der Waals surface area contributed by atoms with Gasteiger partial charge in [-0.05, 0) is 69.1 Å². The Kier molecular flexibility index (Phi) is 5.21. The Morgan fingerprint density at radius 2 is 1.83 bits per heavy atom. The zero-order chi connectivity index (χ0) is 17.2. The monoisotopic (exact) mass is 345 g/mol. The maximum atomic E-state index is 5.21. The molecule has 0 aromatic heterocycles. The molecular weight excluding hydrogens is 318 g/mol. The zero-order valence-electron chi connectivity index (χ0n) is 14.9. The van der Waals surface area contributed by atoms with E-state index in [4.69, 9.17) is 9.73 Å². The molecule has 2 fully saturated rings. The Bertz CT molecular complexity index is 610. The average molecular weight is 346 g/mol. The van der Waals surface area contributed by atoms with Crippen LogP contribution in [0.15, 0.2) is 35.8 Å². The number of benzene rings is 1. The molecule has 2 saturated heterocycles. The van der Waals surface area contributed by atoms with Crippen molar-refractivity contribution in [1.82, 2.24) is 9.80 Å². The van der Waals surface area contributed by atoms with Crippen LogP contribution in [0.3, 0.4) is 0 Å². The van der Waals surface area contributed by atoms with Crippen LogP contribution in [-0.2, 0) is 0 Å². The van der Waals surface area contributed by atoms with Gasteiger partial charge in [0.05, 0.1) is 12.8 Å². The summed E-state index contributed by atoms with van der Waals surface area (Å²) >= 11 is 1.71. The fourth-order valence-corrected chi connectivity index (χ4v) is 4.11. The van der Waals surface area contributed by atoms with Crippen LogP contribution >= 0.6 is 11.8 Å². The van der Waals surface area contributed by atoms with Crippen molar-refractivity contribution in [2.24, 2.45) is 10.4 Å². The molecule has 0 amide bonds. The molecule has 1 aromatic rings. The number of aliphatic imine (C=N–C) groups is 1. The lowest BCUT2D eigenvalue weighted by Crippen LogP contribution is -2.61. The van der Waals surface area contributed by atoms with Gasteiger partial charge in [0.2, 0.25) is 0 Å². The van der Waals surface area contributed by atoms with E-state index in [0.717, 1.165) is 35.3 Å². The summed E-state index contributed by atoms with van der Waals surface area (Å²) in [5, 5.41) is 1.08. The minimum absolute atomic E-state index is 0.518. The van der Waals surface area contributed by atoms with Gasteiger partial charge in [-0.15, -0.1) is 0 Å². The maximum Gasteiger partial charge on any atom is 0.164 e. The first-order chi connectivity index (χ1) is 11.5. The zero-order valence-corrected chi connectivity index (χ0v) is 15.7. The first-order valence-electron chi connectivity index (χ1n) is 8.45. The molecule has 0 bridgehead atoms. The summed E-state index contributed by atoms with van der Waals surface area (Å²) in [7, 11) is 3.90. The van der Waals surface area contributed by atoms with Gasteiger partial charge < -0.3 is 14.5 Å². The largest absolute Gasteiger partial charge is 0.497 e. The van der Waals surface area contributed by atoms with Crippen molar-refractivity contribution < 1.29 is 4.74 Å². The van der Waals surface area contributed by atoms with E-state index in [2.05, 4.69) is 29.7 Å². The summed E-state index contributed by atoms with van der Waals surface area (Å²) in [6.07, 6.45) is 4.71. The number of nitrogens with zero attached hydrogens (tertiary/aromatic N) is 3. The molecule has 130 valence electrons. The van der Waals surface area contributed by atoms with Crippen LogP contribution < -0.4 is 4.74 Å². The fourth-order valence-electron chi connectivity index (χ4n) is 3.52. The Labute approximate surface area is 149 Å². The van der Waals surface area contributed by atoms with Crippen LogP contribution in [-0.4, -0.2) is 61.6 Å². The molecule has 2 heterocycles. The molecule has 2 aliphatic heterocycles. The summed E-state index contributed by atoms with van der Waals surface area (Å²) in [5.74, 6) is 0.854. The number of amidine groups is 1. The lowest BCUT2D eigenvalue weighted by atomic mass is 9.72. The second kappa shape index (κ2) is 7.19. The topological polar surface area (TPSA) is 28.1 Å². The summed E-state index contributed by atoms with van der Waals surface area (Å²) in [5.41, 5.74) is 2.37. The number of hydrogen-bond acceptors (Lipinski definition) is 4. The number of piperidine rings is 1. The fraction of sp³-hybridized carbons (Fsp3) is 0.526. The number of hydrogen-bond donors (Lipinski definition) is 0. The third-order valence-corrected chi connectivity index (χ3v) is 5.92. The highest BCUT2D eigenvalue weighted by molar-refractivity contribution is 8.13. The molecule has 4 nitrogen and oxygen atoms in total. The van der Waals surface area contributed by atoms with Crippen LogP contribution in [0.25, 0.3) is 5.70 Å². The first kappa shape index (κ1) is 17.4. The number of likely N-dealkylation sites (tertiary alicyclic amines) is 2. The summed E-state index contributed by atoms with van der Waals surface area (Å²) < 4.78 is 5.21. The van der Waals surface area contributed by atoms with E-state index in [0.29, 0.717) is 5.41 Å². The molecule has 0 atom stereocenters. The highest BCUT2D eigenvalue weighted by Crippen LogP contribution is 2.41. The van der Waals surface area contributed by atoms with Crippen LogP contribution in [0.1, 0.15) is 18.4 Å². The summed E-state index contributed by atoms with van der Waals surface area (Å²) in [6.45, 7) is 8.86. The van der Waals surface area contributed by atoms with Crippen molar-refractivity contribution in [3.8, 4) is 5.75 Å². The van der Waals surface area contributed by atoms with Gasteiger partial charge in [-0.3, -0.25) is 0 Å². The van der Waals surface area contributed by atoms with Crippen LogP contribution in [0.2, 0.25) is 0 Å². The molecule has 0 N–H and O–H groups in total. The van der Waals surface area contributed by atoms with Gasteiger partial charge in [-0.1, -0.05) is 18.3 Å². The lowest BCUT2D eigenvalue weighted by molar-refractivity contribution is 0.00125. The molecule has 1 aromatic carbocycles.